The zero-order chi connectivity index (χ0) is 15.2. The fourth-order valence-corrected chi connectivity index (χ4v) is 2.49. The summed E-state index contributed by atoms with van der Waals surface area (Å²) < 4.78 is 5.94. The molecule has 0 aliphatic heterocycles. The molecular weight excluding hydrogens is 332 g/mol. The van der Waals surface area contributed by atoms with Crippen molar-refractivity contribution >= 4 is 21.8 Å². The summed E-state index contributed by atoms with van der Waals surface area (Å²) in [5.74, 6) is 0.692. The molecule has 0 aliphatic carbocycles. The number of carbonyl (C=O) groups excluding carboxylic acids is 1. The lowest BCUT2D eigenvalue weighted by Crippen LogP contribution is -2.29. The first-order chi connectivity index (χ1) is 10.1. The van der Waals surface area contributed by atoms with Crippen LogP contribution in [0.15, 0.2) is 47.1 Å². The van der Waals surface area contributed by atoms with Gasteiger partial charge in [-0.15, -0.1) is 0 Å². The summed E-state index contributed by atoms with van der Waals surface area (Å²) in [5.41, 5.74) is 1.61. The van der Waals surface area contributed by atoms with Crippen LogP contribution < -0.4 is 4.74 Å². The highest BCUT2D eigenvalue weighted by atomic mass is 79.9. The molecule has 0 spiro atoms. The normalized spacial score (nSPS) is 10.2. The van der Waals surface area contributed by atoms with Crippen LogP contribution in [0.4, 0.5) is 0 Å². The fraction of sp³-hybridized carbons (Fsp3) is 0.250. The van der Waals surface area contributed by atoms with Gasteiger partial charge in [-0.05, 0) is 46.3 Å². The second-order valence-electron chi connectivity index (χ2n) is 4.65. The largest absolute Gasteiger partial charge is 0.496 e. The van der Waals surface area contributed by atoms with E-state index < -0.39 is 0 Å². The summed E-state index contributed by atoms with van der Waals surface area (Å²) >= 11 is 3.39. The first-order valence-corrected chi connectivity index (χ1v) is 7.40. The van der Waals surface area contributed by atoms with Crippen LogP contribution in [0.25, 0.3) is 0 Å². The zero-order valence-electron chi connectivity index (χ0n) is 12.0. The average molecular weight is 349 g/mol. The number of carbonyl (C=O) groups is 1. The standard InChI is InChI=1S/C16H17BrN2O2/c1-19(10-8-13-5-3-4-9-18-13)16(20)12-6-7-15(21-2)14(17)11-12/h3-7,9,11H,8,10H2,1-2H3. The summed E-state index contributed by atoms with van der Waals surface area (Å²) in [6.07, 6.45) is 2.50. The number of ether oxygens (including phenoxy) is 1. The number of rotatable bonds is 5. The summed E-state index contributed by atoms with van der Waals surface area (Å²) in [6, 6.07) is 11.1. The molecule has 0 N–H and O–H groups in total. The van der Waals surface area contributed by atoms with Gasteiger partial charge in [-0.3, -0.25) is 9.78 Å². The van der Waals surface area contributed by atoms with E-state index in [-0.39, 0.29) is 5.91 Å². The van der Waals surface area contributed by atoms with Crippen molar-refractivity contribution in [1.29, 1.82) is 0 Å². The molecule has 0 saturated heterocycles. The third kappa shape index (κ3) is 4.04. The highest BCUT2D eigenvalue weighted by Gasteiger charge is 2.13. The molecule has 1 heterocycles. The molecule has 0 aliphatic rings. The van der Waals surface area contributed by atoms with Crippen LogP contribution in [-0.2, 0) is 6.42 Å². The SMILES string of the molecule is COc1ccc(C(=O)N(C)CCc2ccccn2)cc1Br. The summed E-state index contributed by atoms with van der Waals surface area (Å²) in [6.45, 7) is 0.624. The van der Waals surface area contributed by atoms with E-state index >= 15 is 0 Å². The zero-order valence-corrected chi connectivity index (χ0v) is 13.6. The van der Waals surface area contributed by atoms with E-state index in [4.69, 9.17) is 4.74 Å². The molecule has 4 nitrogen and oxygen atoms in total. The average Bonchev–Trinajstić information content (AvgIpc) is 2.52. The number of nitrogens with zero attached hydrogens (tertiary/aromatic N) is 2. The van der Waals surface area contributed by atoms with Crippen molar-refractivity contribution in [2.75, 3.05) is 20.7 Å². The smallest absolute Gasteiger partial charge is 0.253 e. The Bertz CT molecular complexity index is 617. The van der Waals surface area contributed by atoms with Gasteiger partial charge in [0.2, 0.25) is 0 Å². The number of methoxy groups -OCH3 is 1. The van der Waals surface area contributed by atoms with E-state index in [0.717, 1.165) is 16.6 Å². The molecule has 0 unspecified atom stereocenters. The van der Waals surface area contributed by atoms with E-state index in [2.05, 4.69) is 20.9 Å². The fourth-order valence-electron chi connectivity index (χ4n) is 1.95. The number of pyridine rings is 1. The van der Waals surface area contributed by atoms with Gasteiger partial charge in [-0.2, -0.15) is 0 Å². The lowest BCUT2D eigenvalue weighted by atomic mass is 10.2. The Labute approximate surface area is 132 Å². The maximum Gasteiger partial charge on any atom is 0.253 e. The van der Waals surface area contributed by atoms with Crippen molar-refractivity contribution in [2.24, 2.45) is 0 Å². The van der Waals surface area contributed by atoms with Crippen molar-refractivity contribution in [3.05, 3.63) is 58.3 Å². The highest BCUT2D eigenvalue weighted by molar-refractivity contribution is 9.10. The molecule has 1 aromatic heterocycles. The van der Waals surface area contributed by atoms with E-state index in [0.29, 0.717) is 17.9 Å². The van der Waals surface area contributed by atoms with E-state index in [1.807, 2.05) is 18.2 Å². The number of benzene rings is 1. The lowest BCUT2D eigenvalue weighted by molar-refractivity contribution is 0.0796. The monoisotopic (exact) mass is 348 g/mol. The van der Waals surface area contributed by atoms with Gasteiger partial charge in [0, 0.05) is 37.5 Å². The van der Waals surface area contributed by atoms with Crippen LogP contribution in [0.2, 0.25) is 0 Å². The minimum absolute atomic E-state index is 0.0192. The maximum atomic E-state index is 12.4. The Kier molecular flexibility index (Phi) is 5.33. The van der Waals surface area contributed by atoms with Gasteiger partial charge in [0.15, 0.2) is 0 Å². The summed E-state index contributed by atoms with van der Waals surface area (Å²) in [4.78, 5) is 18.3. The third-order valence-corrected chi connectivity index (χ3v) is 3.79. The number of hydrogen-bond donors (Lipinski definition) is 0. The molecule has 2 aromatic rings. The summed E-state index contributed by atoms with van der Waals surface area (Å²) in [5, 5.41) is 0. The Hall–Kier alpha value is -1.88. The van der Waals surface area contributed by atoms with Crippen molar-refractivity contribution in [2.45, 2.75) is 6.42 Å². The maximum absolute atomic E-state index is 12.4. The predicted octanol–water partition coefficient (Wildman–Crippen LogP) is 3.17. The molecule has 0 radical (unpaired) electrons. The van der Waals surface area contributed by atoms with Gasteiger partial charge < -0.3 is 9.64 Å². The van der Waals surface area contributed by atoms with Crippen molar-refractivity contribution in [3.63, 3.8) is 0 Å². The van der Waals surface area contributed by atoms with Gasteiger partial charge in [0.05, 0.1) is 11.6 Å². The molecule has 0 saturated carbocycles. The minimum atomic E-state index is -0.0192. The summed E-state index contributed by atoms with van der Waals surface area (Å²) in [7, 11) is 3.39. The topological polar surface area (TPSA) is 42.4 Å². The minimum Gasteiger partial charge on any atom is -0.496 e. The van der Waals surface area contributed by atoms with Crippen LogP contribution >= 0.6 is 15.9 Å². The van der Waals surface area contributed by atoms with Crippen LogP contribution in [0.5, 0.6) is 5.75 Å². The first kappa shape index (κ1) is 15.5. The Morgan fingerprint density at radius 2 is 2.14 bits per heavy atom. The molecule has 0 fully saturated rings. The number of amides is 1. The molecular formula is C16H17BrN2O2. The van der Waals surface area contributed by atoms with E-state index in [1.54, 1.807) is 43.5 Å². The third-order valence-electron chi connectivity index (χ3n) is 3.17. The van der Waals surface area contributed by atoms with Crippen LogP contribution in [0.3, 0.4) is 0 Å². The molecule has 1 aromatic carbocycles. The predicted molar refractivity (Wildman–Crippen MR) is 85.6 cm³/mol. The van der Waals surface area contributed by atoms with Gasteiger partial charge >= 0.3 is 0 Å². The number of likely N-dealkylation sites (N-methyl/N-ethyl adjacent to an activating group) is 1. The molecule has 0 atom stereocenters. The molecule has 2 rings (SSSR count). The van der Waals surface area contributed by atoms with E-state index in [1.165, 1.54) is 0 Å². The van der Waals surface area contributed by atoms with Gasteiger partial charge in [-0.1, -0.05) is 6.07 Å². The highest BCUT2D eigenvalue weighted by Crippen LogP contribution is 2.25. The Morgan fingerprint density at radius 1 is 1.33 bits per heavy atom. The second kappa shape index (κ2) is 7.22. The van der Waals surface area contributed by atoms with Gasteiger partial charge in [0.1, 0.15) is 5.75 Å². The van der Waals surface area contributed by atoms with Crippen molar-refractivity contribution < 1.29 is 9.53 Å². The molecule has 21 heavy (non-hydrogen) atoms. The van der Waals surface area contributed by atoms with Gasteiger partial charge in [-0.25, -0.2) is 0 Å². The van der Waals surface area contributed by atoms with Crippen molar-refractivity contribution in [3.8, 4) is 5.75 Å². The molecule has 110 valence electrons. The number of halogens is 1. The van der Waals surface area contributed by atoms with E-state index in [9.17, 15) is 4.79 Å². The molecule has 0 bridgehead atoms. The number of hydrogen-bond acceptors (Lipinski definition) is 3. The van der Waals surface area contributed by atoms with Crippen LogP contribution in [0, 0.1) is 0 Å². The van der Waals surface area contributed by atoms with Crippen LogP contribution in [-0.4, -0.2) is 36.5 Å². The Balaban J connectivity index is 2.00. The molecule has 5 heteroatoms. The first-order valence-electron chi connectivity index (χ1n) is 6.60. The van der Waals surface area contributed by atoms with Crippen LogP contribution in [0.1, 0.15) is 16.1 Å². The lowest BCUT2D eigenvalue weighted by Gasteiger charge is -2.17. The second-order valence-corrected chi connectivity index (χ2v) is 5.50. The van der Waals surface area contributed by atoms with Crippen molar-refractivity contribution in [1.82, 2.24) is 9.88 Å². The Morgan fingerprint density at radius 3 is 2.76 bits per heavy atom. The number of aromatic nitrogens is 1. The van der Waals surface area contributed by atoms with Gasteiger partial charge in [0.25, 0.3) is 5.91 Å². The molecule has 1 amide bonds. The quantitative estimate of drug-likeness (QED) is 0.833.